The van der Waals surface area contributed by atoms with Gasteiger partial charge in [-0.1, -0.05) is 44.4 Å². The average Bonchev–Trinajstić information content (AvgIpc) is 2.61. The molecule has 0 amide bonds. The minimum absolute atomic E-state index is 0.00749. The molecule has 1 aromatic rings. The van der Waals surface area contributed by atoms with Crippen molar-refractivity contribution in [3.63, 3.8) is 0 Å². The second kappa shape index (κ2) is 10.7. The maximum absolute atomic E-state index is 12.2. The number of para-hydroxylation sites is 1. The van der Waals surface area contributed by atoms with Crippen LogP contribution in [-0.2, 0) is 9.53 Å². The molecule has 0 saturated heterocycles. The van der Waals surface area contributed by atoms with E-state index in [0.29, 0.717) is 12.4 Å². The quantitative estimate of drug-likeness (QED) is 0.333. The molecule has 0 radical (unpaired) electrons. The van der Waals surface area contributed by atoms with Crippen LogP contribution in [0, 0.1) is 0 Å². The zero-order valence-corrected chi connectivity index (χ0v) is 15.8. The van der Waals surface area contributed by atoms with E-state index in [2.05, 4.69) is 19.1 Å². The van der Waals surface area contributed by atoms with Crippen molar-refractivity contribution in [1.29, 1.82) is 0 Å². The van der Waals surface area contributed by atoms with Crippen LogP contribution < -0.4 is 4.74 Å². The molecule has 0 aliphatic heterocycles. The third-order valence-electron chi connectivity index (χ3n) is 4.62. The first kappa shape index (κ1) is 19.2. The summed E-state index contributed by atoms with van der Waals surface area (Å²) >= 11 is 1.67. The Morgan fingerprint density at radius 2 is 2.00 bits per heavy atom. The molecule has 1 aliphatic carbocycles. The highest BCUT2D eigenvalue weighted by Crippen LogP contribution is 2.39. The van der Waals surface area contributed by atoms with Gasteiger partial charge in [0.05, 0.1) is 0 Å². The second-order valence-corrected chi connectivity index (χ2v) is 7.28. The first-order chi connectivity index (χ1) is 11.8. The predicted molar refractivity (Wildman–Crippen MR) is 101 cm³/mol. The monoisotopic (exact) mass is 350 g/mol. The fourth-order valence-electron chi connectivity index (χ4n) is 3.38. The summed E-state index contributed by atoms with van der Waals surface area (Å²) in [4.78, 5) is 12.2. The number of benzene rings is 1. The number of unbranched alkanes of at least 4 members (excludes halogenated alkanes) is 2. The van der Waals surface area contributed by atoms with Gasteiger partial charge in [-0.15, -0.1) is 11.8 Å². The van der Waals surface area contributed by atoms with Gasteiger partial charge in [0.15, 0.2) is 0 Å². The molecule has 134 valence electrons. The summed E-state index contributed by atoms with van der Waals surface area (Å²) < 4.78 is 11.8. The van der Waals surface area contributed by atoms with Crippen LogP contribution in [0.2, 0.25) is 0 Å². The van der Waals surface area contributed by atoms with Crippen LogP contribution in [0.4, 0.5) is 0 Å². The Bertz CT molecular complexity index is 503. The Morgan fingerprint density at radius 1 is 1.21 bits per heavy atom. The van der Waals surface area contributed by atoms with E-state index in [1.165, 1.54) is 12.0 Å². The van der Waals surface area contributed by atoms with Gasteiger partial charge in [-0.3, -0.25) is 4.79 Å². The smallest absolute Gasteiger partial charge is 0.306 e. The topological polar surface area (TPSA) is 35.5 Å². The number of hydrogen-bond acceptors (Lipinski definition) is 4. The number of rotatable bonds is 9. The van der Waals surface area contributed by atoms with Crippen molar-refractivity contribution in [2.24, 2.45) is 0 Å². The maximum Gasteiger partial charge on any atom is 0.306 e. The summed E-state index contributed by atoms with van der Waals surface area (Å²) in [5.74, 6) is 1.80. The van der Waals surface area contributed by atoms with Crippen molar-refractivity contribution in [3.05, 3.63) is 29.8 Å². The number of carbonyl (C=O) groups is 1. The molecule has 3 nitrogen and oxygen atoms in total. The third kappa shape index (κ3) is 5.73. The average molecular weight is 351 g/mol. The fraction of sp³-hybridized carbons (Fsp3) is 0.650. The van der Waals surface area contributed by atoms with Gasteiger partial charge in [0.1, 0.15) is 17.8 Å². The van der Waals surface area contributed by atoms with E-state index in [4.69, 9.17) is 9.47 Å². The molecule has 0 N–H and O–H groups in total. The molecule has 0 bridgehead atoms. The van der Waals surface area contributed by atoms with Gasteiger partial charge < -0.3 is 9.47 Å². The molecule has 2 rings (SSSR count). The van der Waals surface area contributed by atoms with Crippen LogP contribution in [0.5, 0.6) is 5.75 Å². The van der Waals surface area contributed by atoms with Gasteiger partial charge in [0.2, 0.25) is 0 Å². The lowest BCUT2D eigenvalue weighted by Crippen LogP contribution is -2.29. The summed E-state index contributed by atoms with van der Waals surface area (Å²) in [5, 5.41) is 0. The first-order valence-electron chi connectivity index (χ1n) is 9.16. The van der Waals surface area contributed by atoms with Crippen molar-refractivity contribution in [3.8, 4) is 5.75 Å². The zero-order chi connectivity index (χ0) is 17.2. The van der Waals surface area contributed by atoms with Crippen molar-refractivity contribution in [2.45, 2.75) is 70.3 Å². The summed E-state index contributed by atoms with van der Waals surface area (Å²) in [6.07, 6.45) is 10.1. The highest BCUT2D eigenvalue weighted by Gasteiger charge is 2.31. The molecule has 0 aromatic heterocycles. The van der Waals surface area contributed by atoms with Crippen LogP contribution in [0.15, 0.2) is 24.3 Å². The SMILES string of the molecule is CCCCCC(=O)O[C@@H]1CCCC[C@H]1c1ccccc1OCSC. The van der Waals surface area contributed by atoms with Gasteiger partial charge >= 0.3 is 5.97 Å². The highest BCUT2D eigenvalue weighted by molar-refractivity contribution is 7.98. The van der Waals surface area contributed by atoms with E-state index in [1.54, 1.807) is 11.8 Å². The van der Waals surface area contributed by atoms with Gasteiger partial charge in [0.25, 0.3) is 0 Å². The van der Waals surface area contributed by atoms with Crippen molar-refractivity contribution in [1.82, 2.24) is 0 Å². The lowest BCUT2D eigenvalue weighted by Gasteiger charge is -2.32. The molecule has 2 atom stereocenters. The fourth-order valence-corrected chi connectivity index (χ4v) is 3.63. The van der Waals surface area contributed by atoms with Crippen molar-refractivity contribution >= 4 is 17.7 Å². The van der Waals surface area contributed by atoms with Crippen LogP contribution >= 0.6 is 11.8 Å². The Kier molecular flexibility index (Phi) is 8.51. The van der Waals surface area contributed by atoms with E-state index in [1.807, 2.05) is 18.4 Å². The molecule has 0 heterocycles. The zero-order valence-electron chi connectivity index (χ0n) is 15.0. The molecule has 0 spiro atoms. The van der Waals surface area contributed by atoms with E-state index >= 15 is 0 Å². The van der Waals surface area contributed by atoms with E-state index in [9.17, 15) is 4.79 Å². The summed E-state index contributed by atoms with van der Waals surface area (Å²) in [5.41, 5.74) is 1.19. The normalized spacial score (nSPS) is 20.6. The van der Waals surface area contributed by atoms with E-state index in [0.717, 1.165) is 44.3 Å². The lowest BCUT2D eigenvalue weighted by atomic mass is 9.81. The van der Waals surface area contributed by atoms with Gasteiger partial charge in [-0.05, 0) is 38.0 Å². The number of esters is 1. The molecule has 24 heavy (non-hydrogen) atoms. The molecule has 4 heteroatoms. The lowest BCUT2D eigenvalue weighted by molar-refractivity contribution is -0.151. The van der Waals surface area contributed by atoms with Gasteiger partial charge in [-0.25, -0.2) is 0 Å². The molecule has 1 aliphatic rings. The molecule has 1 fully saturated rings. The van der Waals surface area contributed by atoms with Gasteiger partial charge in [-0.2, -0.15) is 0 Å². The van der Waals surface area contributed by atoms with Crippen LogP contribution in [0.25, 0.3) is 0 Å². The number of hydrogen-bond donors (Lipinski definition) is 0. The molecule has 1 aromatic carbocycles. The number of ether oxygens (including phenoxy) is 2. The number of carbonyl (C=O) groups excluding carboxylic acids is 1. The predicted octanol–water partition coefficient (Wildman–Crippen LogP) is 5.54. The number of thioether (sulfide) groups is 1. The summed E-state index contributed by atoms with van der Waals surface area (Å²) in [7, 11) is 0. The Morgan fingerprint density at radius 3 is 2.79 bits per heavy atom. The van der Waals surface area contributed by atoms with E-state index in [-0.39, 0.29) is 18.0 Å². The van der Waals surface area contributed by atoms with Crippen LogP contribution in [-0.4, -0.2) is 24.3 Å². The minimum Gasteiger partial charge on any atom is -0.483 e. The first-order valence-corrected chi connectivity index (χ1v) is 10.6. The van der Waals surface area contributed by atoms with Crippen molar-refractivity contribution < 1.29 is 14.3 Å². The highest BCUT2D eigenvalue weighted by atomic mass is 32.2. The van der Waals surface area contributed by atoms with Crippen molar-refractivity contribution in [2.75, 3.05) is 12.2 Å². The Hall–Kier alpha value is -1.16. The largest absolute Gasteiger partial charge is 0.483 e. The molecule has 1 saturated carbocycles. The minimum atomic E-state index is -0.0390. The Balaban J connectivity index is 2.04. The van der Waals surface area contributed by atoms with E-state index < -0.39 is 0 Å². The maximum atomic E-state index is 12.2. The summed E-state index contributed by atoms with van der Waals surface area (Å²) in [6.45, 7) is 2.15. The van der Waals surface area contributed by atoms with Crippen LogP contribution in [0.1, 0.15) is 69.8 Å². The Labute approximate surface area is 150 Å². The standard InChI is InChI=1S/C20H30O3S/c1-3-4-5-14-20(21)23-19-13-9-7-11-17(19)16-10-6-8-12-18(16)22-15-24-2/h6,8,10,12,17,19H,3-5,7,9,11,13-15H2,1-2H3/t17-,19+/m0/s1. The second-order valence-electron chi connectivity index (χ2n) is 6.47. The van der Waals surface area contributed by atoms with Crippen LogP contribution in [0.3, 0.4) is 0 Å². The summed E-state index contributed by atoms with van der Waals surface area (Å²) in [6, 6.07) is 8.22. The third-order valence-corrected chi connectivity index (χ3v) is 4.97. The van der Waals surface area contributed by atoms with Gasteiger partial charge in [0, 0.05) is 17.9 Å². The molecule has 0 unspecified atom stereocenters. The molecular formula is C20H30O3S. The molecular weight excluding hydrogens is 320 g/mol.